The Labute approximate surface area is 127 Å². The average Bonchev–Trinajstić information content (AvgIpc) is 2.87. The molecule has 0 spiro atoms. The van der Waals surface area contributed by atoms with Gasteiger partial charge in [-0.05, 0) is 6.07 Å². The summed E-state index contributed by atoms with van der Waals surface area (Å²) in [4.78, 5) is 0. The van der Waals surface area contributed by atoms with E-state index in [1.807, 2.05) is 0 Å². The molecular formula is C14H14ClFN2OS. The molecule has 1 aromatic rings. The molecule has 3 nitrogen and oxygen atoms in total. The van der Waals surface area contributed by atoms with E-state index in [1.165, 1.54) is 12.1 Å². The van der Waals surface area contributed by atoms with Crippen molar-refractivity contribution in [1.29, 1.82) is 0 Å². The SMILES string of the molecule is C#CCOc1cc(N2CSC(C(C)C)=N2)c(F)cc1Cl. The van der Waals surface area contributed by atoms with Crippen LogP contribution in [0.3, 0.4) is 0 Å². The van der Waals surface area contributed by atoms with Crippen LogP contribution in [0.5, 0.6) is 5.75 Å². The van der Waals surface area contributed by atoms with E-state index in [9.17, 15) is 4.39 Å². The Morgan fingerprint density at radius 1 is 1.60 bits per heavy atom. The number of hydrogen-bond donors (Lipinski definition) is 0. The normalized spacial score (nSPS) is 14.4. The van der Waals surface area contributed by atoms with E-state index in [1.54, 1.807) is 16.8 Å². The summed E-state index contributed by atoms with van der Waals surface area (Å²) in [5, 5.41) is 7.18. The highest BCUT2D eigenvalue weighted by atomic mass is 35.5. The molecule has 1 aromatic carbocycles. The summed E-state index contributed by atoms with van der Waals surface area (Å²) in [6.45, 7) is 4.18. The zero-order chi connectivity index (χ0) is 14.7. The first kappa shape index (κ1) is 15.0. The third-order valence-electron chi connectivity index (χ3n) is 2.64. The predicted molar refractivity (Wildman–Crippen MR) is 82.9 cm³/mol. The van der Waals surface area contributed by atoms with Gasteiger partial charge in [0.2, 0.25) is 0 Å². The quantitative estimate of drug-likeness (QED) is 0.786. The van der Waals surface area contributed by atoms with Gasteiger partial charge in [0, 0.05) is 12.0 Å². The summed E-state index contributed by atoms with van der Waals surface area (Å²) in [7, 11) is 0. The molecule has 0 aromatic heterocycles. The number of thioether (sulfide) groups is 1. The number of nitrogens with zero attached hydrogens (tertiary/aromatic N) is 2. The minimum atomic E-state index is -0.433. The average molecular weight is 313 g/mol. The van der Waals surface area contributed by atoms with Crippen LogP contribution in [0.4, 0.5) is 10.1 Å². The first-order valence-corrected chi connectivity index (χ1v) is 7.43. The van der Waals surface area contributed by atoms with Crippen LogP contribution >= 0.6 is 23.4 Å². The van der Waals surface area contributed by atoms with E-state index < -0.39 is 5.82 Å². The van der Waals surface area contributed by atoms with Crippen LogP contribution in [0, 0.1) is 24.1 Å². The third-order valence-corrected chi connectivity index (χ3v) is 4.16. The summed E-state index contributed by atoms with van der Waals surface area (Å²) >= 11 is 7.52. The summed E-state index contributed by atoms with van der Waals surface area (Å²) in [5.41, 5.74) is 0.338. The maximum absolute atomic E-state index is 14.0. The molecule has 1 heterocycles. The largest absolute Gasteiger partial charge is 0.479 e. The standard InChI is InChI=1S/C14H14ClFN2OS/c1-4-5-19-13-7-12(11(16)6-10(13)15)18-8-20-14(17-18)9(2)3/h1,6-7,9H,5,8H2,2-3H3. The second-order valence-electron chi connectivity index (χ2n) is 4.49. The molecule has 0 fully saturated rings. The summed E-state index contributed by atoms with van der Waals surface area (Å²) in [5.74, 6) is 3.16. The van der Waals surface area contributed by atoms with Crippen molar-refractivity contribution in [1.82, 2.24) is 0 Å². The number of benzene rings is 1. The number of anilines is 1. The van der Waals surface area contributed by atoms with Gasteiger partial charge in [0.25, 0.3) is 0 Å². The van der Waals surface area contributed by atoms with E-state index in [-0.39, 0.29) is 11.6 Å². The Balaban J connectivity index is 2.30. The molecule has 0 atom stereocenters. The van der Waals surface area contributed by atoms with E-state index in [0.717, 1.165) is 5.04 Å². The number of rotatable bonds is 4. The van der Waals surface area contributed by atoms with Crippen molar-refractivity contribution < 1.29 is 9.13 Å². The molecule has 0 unspecified atom stereocenters. The Hall–Kier alpha value is -1.38. The fraction of sp³-hybridized carbons (Fsp3) is 0.357. The molecule has 0 saturated heterocycles. The molecule has 20 heavy (non-hydrogen) atoms. The molecular weight excluding hydrogens is 299 g/mol. The zero-order valence-corrected chi connectivity index (χ0v) is 12.8. The van der Waals surface area contributed by atoms with Gasteiger partial charge in [0.05, 0.1) is 21.6 Å². The second kappa shape index (κ2) is 6.38. The molecule has 2 rings (SSSR count). The van der Waals surface area contributed by atoms with Crippen molar-refractivity contribution in [3.05, 3.63) is 23.0 Å². The molecule has 0 aliphatic carbocycles. The number of ether oxygens (including phenoxy) is 1. The molecule has 0 bridgehead atoms. The maximum Gasteiger partial charge on any atom is 0.150 e. The van der Waals surface area contributed by atoms with Crippen LogP contribution in [0.15, 0.2) is 17.2 Å². The fourth-order valence-electron chi connectivity index (χ4n) is 1.66. The van der Waals surface area contributed by atoms with Crippen LogP contribution in [-0.4, -0.2) is 17.5 Å². The smallest absolute Gasteiger partial charge is 0.150 e. The molecule has 0 N–H and O–H groups in total. The highest BCUT2D eigenvalue weighted by Crippen LogP contribution is 2.35. The van der Waals surface area contributed by atoms with Gasteiger partial charge in [-0.3, -0.25) is 5.01 Å². The van der Waals surface area contributed by atoms with Crippen LogP contribution in [0.25, 0.3) is 0 Å². The van der Waals surface area contributed by atoms with Gasteiger partial charge in [-0.25, -0.2) is 4.39 Å². The van der Waals surface area contributed by atoms with Crippen molar-refractivity contribution in [2.24, 2.45) is 11.0 Å². The lowest BCUT2D eigenvalue weighted by Crippen LogP contribution is -2.13. The highest BCUT2D eigenvalue weighted by Gasteiger charge is 2.22. The van der Waals surface area contributed by atoms with Gasteiger partial charge in [0.1, 0.15) is 18.2 Å². The van der Waals surface area contributed by atoms with Crippen LogP contribution < -0.4 is 9.75 Å². The van der Waals surface area contributed by atoms with Crippen LogP contribution in [0.2, 0.25) is 5.02 Å². The molecule has 1 aliphatic heterocycles. The molecule has 6 heteroatoms. The van der Waals surface area contributed by atoms with Gasteiger partial charge in [-0.2, -0.15) is 5.10 Å². The predicted octanol–water partition coefficient (Wildman–Crippen LogP) is 3.97. The number of hydrazone groups is 1. The Kier molecular flexibility index (Phi) is 4.79. The van der Waals surface area contributed by atoms with E-state index in [0.29, 0.717) is 23.2 Å². The van der Waals surface area contributed by atoms with Crippen molar-refractivity contribution >= 4 is 34.1 Å². The number of terminal acetylenes is 1. The monoisotopic (exact) mass is 312 g/mol. The Morgan fingerprint density at radius 2 is 2.35 bits per heavy atom. The van der Waals surface area contributed by atoms with Crippen molar-refractivity contribution in [3.8, 4) is 18.1 Å². The minimum absolute atomic E-state index is 0.0834. The van der Waals surface area contributed by atoms with Crippen molar-refractivity contribution in [2.45, 2.75) is 13.8 Å². The molecule has 106 valence electrons. The lowest BCUT2D eigenvalue weighted by Gasteiger charge is -2.16. The molecule has 1 aliphatic rings. The van der Waals surface area contributed by atoms with Crippen molar-refractivity contribution in [2.75, 3.05) is 17.5 Å². The minimum Gasteiger partial charge on any atom is -0.479 e. The molecule has 0 saturated carbocycles. The van der Waals surface area contributed by atoms with Gasteiger partial charge >= 0.3 is 0 Å². The van der Waals surface area contributed by atoms with E-state index in [2.05, 4.69) is 24.9 Å². The Bertz CT molecular complexity index is 583. The van der Waals surface area contributed by atoms with Gasteiger partial charge in [-0.1, -0.05) is 43.1 Å². The fourth-order valence-corrected chi connectivity index (χ4v) is 2.80. The first-order chi connectivity index (χ1) is 9.52. The van der Waals surface area contributed by atoms with Gasteiger partial charge < -0.3 is 4.74 Å². The number of hydrogen-bond acceptors (Lipinski definition) is 4. The van der Waals surface area contributed by atoms with E-state index in [4.69, 9.17) is 22.8 Å². The maximum atomic E-state index is 14.0. The second-order valence-corrected chi connectivity index (χ2v) is 5.87. The molecule has 0 radical (unpaired) electrons. The van der Waals surface area contributed by atoms with Crippen molar-refractivity contribution in [3.63, 3.8) is 0 Å². The van der Waals surface area contributed by atoms with Crippen LogP contribution in [-0.2, 0) is 0 Å². The third kappa shape index (κ3) is 3.20. The lowest BCUT2D eigenvalue weighted by molar-refractivity contribution is 0.370. The van der Waals surface area contributed by atoms with E-state index >= 15 is 0 Å². The summed E-state index contributed by atoms with van der Waals surface area (Å²) < 4.78 is 19.3. The van der Waals surface area contributed by atoms with Gasteiger partial charge in [-0.15, -0.1) is 6.42 Å². The van der Waals surface area contributed by atoms with Crippen LogP contribution in [0.1, 0.15) is 13.8 Å². The lowest BCUT2D eigenvalue weighted by atomic mass is 10.2. The Morgan fingerprint density at radius 3 is 2.95 bits per heavy atom. The van der Waals surface area contributed by atoms with Gasteiger partial charge in [0.15, 0.2) is 0 Å². The highest BCUT2D eigenvalue weighted by molar-refractivity contribution is 8.14. The zero-order valence-electron chi connectivity index (χ0n) is 11.2. The number of halogens is 2. The summed E-state index contributed by atoms with van der Waals surface area (Å²) in [6.07, 6.45) is 5.14. The first-order valence-electron chi connectivity index (χ1n) is 6.07. The summed E-state index contributed by atoms with van der Waals surface area (Å²) in [6, 6.07) is 2.75. The topological polar surface area (TPSA) is 24.8 Å². The molecule has 0 amide bonds.